The third-order valence-electron chi connectivity index (χ3n) is 3.92. The van der Waals surface area contributed by atoms with Crippen molar-refractivity contribution in [3.05, 3.63) is 29.8 Å². The maximum absolute atomic E-state index is 12.9. The summed E-state index contributed by atoms with van der Waals surface area (Å²) in [5.74, 6) is -0.479. The topological polar surface area (TPSA) is 52.6 Å². The average Bonchev–Trinajstić information content (AvgIpc) is 2.46. The number of halogens is 3. The summed E-state index contributed by atoms with van der Waals surface area (Å²) >= 11 is 0. The maximum atomic E-state index is 12.9. The predicted molar refractivity (Wildman–Crippen MR) is 76.3 cm³/mol. The number of piperidine rings is 1. The van der Waals surface area contributed by atoms with Gasteiger partial charge in [-0.15, -0.1) is 0 Å². The van der Waals surface area contributed by atoms with Gasteiger partial charge in [-0.05, 0) is 31.9 Å². The highest BCUT2D eigenvalue weighted by molar-refractivity contribution is 5.95. The van der Waals surface area contributed by atoms with E-state index in [1.165, 1.54) is 18.2 Å². The lowest BCUT2D eigenvalue weighted by Crippen LogP contribution is -2.47. The fourth-order valence-electron chi connectivity index (χ4n) is 2.52. The Labute approximate surface area is 126 Å². The minimum atomic E-state index is -4.51. The molecule has 0 spiro atoms. The molecule has 0 aromatic heterocycles. The number of anilines is 1. The highest BCUT2D eigenvalue weighted by Crippen LogP contribution is 2.34. The molecule has 0 saturated carbocycles. The first-order valence-corrected chi connectivity index (χ1v) is 7.18. The van der Waals surface area contributed by atoms with Gasteiger partial charge in [-0.25, -0.2) is 0 Å². The second-order valence-corrected chi connectivity index (χ2v) is 5.48. The largest absolute Gasteiger partial charge is 0.418 e. The van der Waals surface area contributed by atoms with Gasteiger partial charge >= 0.3 is 6.18 Å². The second-order valence-electron chi connectivity index (χ2n) is 5.48. The fraction of sp³-hybridized carbons (Fsp3) is 0.533. The number of para-hydroxylation sites is 1. The summed E-state index contributed by atoms with van der Waals surface area (Å²) in [6.45, 7) is 2.76. The molecular weight excluding hydrogens is 297 g/mol. The van der Waals surface area contributed by atoms with Crippen LogP contribution in [0.25, 0.3) is 0 Å². The number of carbonyl (C=O) groups excluding carboxylic acids is 1. The number of likely N-dealkylation sites (tertiary alicyclic amines) is 1. The van der Waals surface area contributed by atoms with E-state index in [0.29, 0.717) is 25.9 Å². The van der Waals surface area contributed by atoms with E-state index in [4.69, 9.17) is 0 Å². The van der Waals surface area contributed by atoms with E-state index >= 15 is 0 Å². The summed E-state index contributed by atoms with van der Waals surface area (Å²) in [6.07, 6.45) is -3.74. The summed E-state index contributed by atoms with van der Waals surface area (Å²) in [6, 6.07) is 4.37. The number of nitrogens with one attached hydrogen (secondary N) is 1. The summed E-state index contributed by atoms with van der Waals surface area (Å²) in [7, 11) is 0. The number of carbonyl (C=O) groups is 1. The van der Waals surface area contributed by atoms with Crippen LogP contribution in [-0.2, 0) is 11.0 Å². The normalized spacial score (nSPS) is 19.0. The van der Waals surface area contributed by atoms with Crippen LogP contribution in [0.1, 0.15) is 25.3 Å². The molecule has 4 nitrogen and oxygen atoms in total. The monoisotopic (exact) mass is 316 g/mol. The first kappa shape index (κ1) is 16.8. The van der Waals surface area contributed by atoms with Crippen LogP contribution in [0.5, 0.6) is 0 Å². The van der Waals surface area contributed by atoms with Crippen molar-refractivity contribution in [2.24, 2.45) is 0 Å². The number of rotatable bonds is 3. The summed E-state index contributed by atoms with van der Waals surface area (Å²) in [5.41, 5.74) is -1.09. The number of hydrogen-bond acceptors (Lipinski definition) is 3. The summed E-state index contributed by atoms with van der Waals surface area (Å²) in [4.78, 5) is 14.0. The van der Waals surface area contributed by atoms with Gasteiger partial charge in [0.15, 0.2) is 0 Å². The standard InChI is InChI=1S/C15H19F3N2O2/c1-10(20-8-6-11(21)7-9-20)14(22)19-13-5-3-2-4-12(13)15(16,17)18/h2-5,10-11,21H,6-9H2,1H3,(H,19,22)/t10-/m0/s1. The molecule has 1 aromatic carbocycles. The van der Waals surface area contributed by atoms with Crippen LogP contribution in [0.3, 0.4) is 0 Å². The second kappa shape index (κ2) is 6.66. The van der Waals surface area contributed by atoms with Crippen LogP contribution >= 0.6 is 0 Å². The van der Waals surface area contributed by atoms with Gasteiger partial charge in [0.05, 0.1) is 23.4 Å². The molecule has 1 fully saturated rings. The van der Waals surface area contributed by atoms with E-state index in [2.05, 4.69) is 5.32 Å². The molecule has 0 radical (unpaired) electrons. The third-order valence-corrected chi connectivity index (χ3v) is 3.92. The van der Waals surface area contributed by atoms with Gasteiger partial charge in [0, 0.05) is 13.1 Å². The van der Waals surface area contributed by atoms with Crippen molar-refractivity contribution in [3.63, 3.8) is 0 Å². The molecule has 7 heteroatoms. The van der Waals surface area contributed by atoms with Gasteiger partial charge in [-0.3, -0.25) is 9.69 Å². The number of amides is 1. The first-order chi connectivity index (χ1) is 10.3. The molecule has 1 aliphatic rings. The van der Waals surface area contributed by atoms with Crippen molar-refractivity contribution in [2.75, 3.05) is 18.4 Å². The van der Waals surface area contributed by atoms with Gasteiger partial charge in [0.1, 0.15) is 0 Å². The molecule has 22 heavy (non-hydrogen) atoms. The molecule has 0 bridgehead atoms. The van der Waals surface area contributed by atoms with Gasteiger partial charge < -0.3 is 10.4 Å². The molecule has 0 unspecified atom stereocenters. The predicted octanol–water partition coefficient (Wildman–Crippen LogP) is 2.49. The lowest BCUT2D eigenvalue weighted by molar-refractivity contribution is -0.137. The Hall–Kier alpha value is -1.60. The van der Waals surface area contributed by atoms with Gasteiger partial charge in [0.25, 0.3) is 0 Å². The number of nitrogens with zero attached hydrogens (tertiary/aromatic N) is 1. The van der Waals surface area contributed by atoms with Crippen LogP contribution in [0.4, 0.5) is 18.9 Å². The molecule has 0 aliphatic carbocycles. The van der Waals surface area contributed by atoms with E-state index in [-0.39, 0.29) is 11.8 Å². The lowest BCUT2D eigenvalue weighted by atomic mass is 10.1. The molecule has 1 aromatic rings. The van der Waals surface area contributed by atoms with Gasteiger partial charge in [-0.2, -0.15) is 13.2 Å². The number of alkyl halides is 3. The Morgan fingerprint density at radius 1 is 1.32 bits per heavy atom. The molecule has 1 amide bonds. The molecule has 1 atom stereocenters. The highest BCUT2D eigenvalue weighted by atomic mass is 19.4. The van der Waals surface area contributed by atoms with Crippen LogP contribution in [-0.4, -0.2) is 41.1 Å². The van der Waals surface area contributed by atoms with Crippen molar-refractivity contribution >= 4 is 11.6 Å². The van der Waals surface area contributed by atoms with E-state index in [9.17, 15) is 23.1 Å². The van der Waals surface area contributed by atoms with Crippen molar-refractivity contribution in [1.29, 1.82) is 0 Å². The Balaban J connectivity index is 2.06. The van der Waals surface area contributed by atoms with Gasteiger partial charge in [-0.1, -0.05) is 12.1 Å². The average molecular weight is 316 g/mol. The molecular formula is C15H19F3N2O2. The Morgan fingerprint density at radius 3 is 2.50 bits per heavy atom. The number of aliphatic hydroxyl groups excluding tert-OH is 1. The van der Waals surface area contributed by atoms with E-state index in [0.717, 1.165) is 6.07 Å². The number of benzene rings is 1. The molecule has 2 N–H and O–H groups in total. The lowest BCUT2D eigenvalue weighted by Gasteiger charge is -2.33. The Morgan fingerprint density at radius 2 is 1.91 bits per heavy atom. The smallest absolute Gasteiger partial charge is 0.393 e. The quantitative estimate of drug-likeness (QED) is 0.901. The molecule has 1 saturated heterocycles. The minimum absolute atomic E-state index is 0.233. The zero-order valence-corrected chi connectivity index (χ0v) is 12.2. The molecule has 1 heterocycles. The van der Waals surface area contributed by atoms with E-state index in [1.54, 1.807) is 6.92 Å². The van der Waals surface area contributed by atoms with Crippen LogP contribution in [0.2, 0.25) is 0 Å². The zero-order chi connectivity index (χ0) is 16.3. The Kier molecular flexibility index (Phi) is 5.08. The van der Waals surface area contributed by atoms with Crippen molar-refractivity contribution < 1.29 is 23.1 Å². The highest BCUT2D eigenvalue weighted by Gasteiger charge is 2.34. The van der Waals surface area contributed by atoms with E-state index < -0.39 is 23.7 Å². The number of hydrogen-bond donors (Lipinski definition) is 2. The van der Waals surface area contributed by atoms with Crippen LogP contribution in [0.15, 0.2) is 24.3 Å². The van der Waals surface area contributed by atoms with E-state index in [1.807, 2.05) is 4.90 Å². The minimum Gasteiger partial charge on any atom is -0.393 e. The number of aliphatic hydroxyl groups is 1. The molecule has 2 rings (SSSR count). The van der Waals surface area contributed by atoms with Crippen LogP contribution in [0, 0.1) is 0 Å². The van der Waals surface area contributed by atoms with Crippen molar-refractivity contribution in [3.8, 4) is 0 Å². The van der Waals surface area contributed by atoms with Crippen LogP contribution < -0.4 is 5.32 Å². The summed E-state index contributed by atoms with van der Waals surface area (Å²) in [5, 5.41) is 11.8. The summed E-state index contributed by atoms with van der Waals surface area (Å²) < 4.78 is 38.7. The Bertz CT molecular complexity index is 526. The van der Waals surface area contributed by atoms with Crippen molar-refractivity contribution in [2.45, 2.75) is 38.1 Å². The van der Waals surface area contributed by atoms with Crippen molar-refractivity contribution in [1.82, 2.24) is 4.90 Å². The molecule has 1 aliphatic heterocycles. The first-order valence-electron chi connectivity index (χ1n) is 7.18. The fourth-order valence-corrected chi connectivity index (χ4v) is 2.52. The maximum Gasteiger partial charge on any atom is 0.418 e. The molecule has 122 valence electrons. The SMILES string of the molecule is C[C@@H](C(=O)Nc1ccccc1C(F)(F)F)N1CCC(O)CC1. The van der Waals surface area contributed by atoms with Gasteiger partial charge in [0.2, 0.25) is 5.91 Å². The zero-order valence-electron chi connectivity index (χ0n) is 12.2. The third kappa shape index (κ3) is 3.98.